The first kappa shape index (κ1) is 20.4. The van der Waals surface area contributed by atoms with E-state index in [9.17, 15) is 19.2 Å². The number of esters is 1. The summed E-state index contributed by atoms with van der Waals surface area (Å²) in [5.74, 6) is -1.33. The summed E-state index contributed by atoms with van der Waals surface area (Å²) >= 11 is 1.18. The van der Waals surface area contributed by atoms with Gasteiger partial charge in [-0.3, -0.25) is 19.0 Å². The zero-order valence-corrected chi connectivity index (χ0v) is 16.0. The van der Waals surface area contributed by atoms with E-state index in [1.165, 1.54) is 18.7 Å². The summed E-state index contributed by atoms with van der Waals surface area (Å²) in [6.07, 6.45) is 2.86. The lowest BCUT2D eigenvalue weighted by atomic mass is 10.1. The van der Waals surface area contributed by atoms with E-state index in [2.05, 4.69) is 10.3 Å². The highest BCUT2D eigenvalue weighted by atomic mass is 32.2. The van der Waals surface area contributed by atoms with Crippen LogP contribution in [0.4, 0.5) is 5.69 Å². The summed E-state index contributed by atoms with van der Waals surface area (Å²) in [4.78, 5) is 52.1. The second kappa shape index (κ2) is 9.13. The van der Waals surface area contributed by atoms with Gasteiger partial charge >= 0.3 is 5.97 Å². The van der Waals surface area contributed by atoms with Crippen LogP contribution in [0.3, 0.4) is 0 Å². The van der Waals surface area contributed by atoms with E-state index in [1.54, 1.807) is 37.4 Å². The van der Waals surface area contributed by atoms with Gasteiger partial charge in [0.1, 0.15) is 12.1 Å². The van der Waals surface area contributed by atoms with Crippen molar-refractivity contribution in [3.63, 3.8) is 0 Å². The van der Waals surface area contributed by atoms with Gasteiger partial charge < -0.3 is 10.1 Å². The van der Waals surface area contributed by atoms with Crippen molar-refractivity contribution in [2.24, 2.45) is 0 Å². The van der Waals surface area contributed by atoms with Gasteiger partial charge in [0.25, 0.3) is 5.56 Å². The number of aromatic nitrogens is 2. The molecule has 0 bridgehead atoms. The standard InChI is InChI=1S/C18H19N3O5S/c1-4-26-17(25)14-9-19-18(27-3)21(16(14)24)10-15(23)20-13-7-5-12(6-8-13)11(2)22/h5-9H,4,10H2,1-3H3,(H,20,23). The van der Waals surface area contributed by atoms with Crippen LogP contribution in [0.5, 0.6) is 0 Å². The summed E-state index contributed by atoms with van der Waals surface area (Å²) in [5.41, 5.74) is 0.140. The third-order valence-electron chi connectivity index (χ3n) is 3.57. The fourth-order valence-corrected chi connectivity index (χ4v) is 2.79. The molecule has 0 aliphatic carbocycles. The van der Waals surface area contributed by atoms with E-state index in [0.29, 0.717) is 16.4 Å². The molecule has 0 spiro atoms. The van der Waals surface area contributed by atoms with Crippen molar-refractivity contribution >= 4 is 35.1 Å². The Balaban J connectivity index is 2.23. The van der Waals surface area contributed by atoms with Crippen LogP contribution in [0, 0.1) is 0 Å². The number of thioether (sulfide) groups is 1. The van der Waals surface area contributed by atoms with E-state index < -0.39 is 17.4 Å². The molecule has 1 aromatic heterocycles. The number of ether oxygens (including phenoxy) is 1. The van der Waals surface area contributed by atoms with Crippen LogP contribution in [-0.4, -0.2) is 40.1 Å². The summed E-state index contributed by atoms with van der Waals surface area (Å²) in [5, 5.41) is 2.95. The molecule has 142 valence electrons. The van der Waals surface area contributed by atoms with Crippen LogP contribution in [0.2, 0.25) is 0 Å². The van der Waals surface area contributed by atoms with Gasteiger partial charge in [-0.15, -0.1) is 0 Å². The number of anilines is 1. The Morgan fingerprint density at radius 3 is 2.44 bits per heavy atom. The van der Waals surface area contributed by atoms with Crippen molar-refractivity contribution in [3.05, 3.63) is 51.9 Å². The van der Waals surface area contributed by atoms with E-state index in [0.717, 1.165) is 10.8 Å². The molecule has 0 radical (unpaired) electrons. The summed E-state index contributed by atoms with van der Waals surface area (Å²) < 4.78 is 5.96. The maximum atomic E-state index is 12.6. The molecule has 8 nitrogen and oxygen atoms in total. The first-order valence-corrected chi connectivity index (χ1v) is 9.31. The minimum absolute atomic E-state index is 0.0779. The maximum Gasteiger partial charge on any atom is 0.345 e. The number of nitrogens with zero attached hydrogens (tertiary/aromatic N) is 2. The monoisotopic (exact) mass is 389 g/mol. The number of Topliss-reactive ketones (excluding diaryl/α,β-unsaturated/α-hetero) is 1. The normalized spacial score (nSPS) is 10.3. The Morgan fingerprint density at radius 1 is 1.22 bits per heavy atom. The van der Waals surface area contributed by atoms with Crippen LogP contribution in [0.1, 0.15) is 34.6 Å². The second-order valence-corrected chi connectivity index (χ2v) is 6.23. The van der Waals surface area contributed by atoms with Crippen molar-refractivity contribution in [1.29, 1.82) is 0 Å². The van der Waals surface area contributed by atoms with Crippen LogP contribution in [0.15, 0.2) is 40.4 Å². The maximum absolute atomic E-state index is 12.6. The predicted molar refractivity (Wildman–Crippen MR) is 101 cm³/mol. The first-order valence-electron chi connectivity index (χ1n) is 8.09. The minimum Gasteiger partial charge on any atom is -0.462 e. The van der Waals surface area contributed by atoms with Gasteiger partial charge in [0.2, 0.25) is 5.91 Å². The fraction of sp³-hybridized carbons (Fsp3) is 0.278. The van der Waals surface area contributed by atoms with E-state index in [1.807, 2.05) is 0 Å². The van der Waals surface area contributed by atoms with Gasteiger partial charge in [-0.1, -0.05) is 11.8 Å². The SMILES string of the molecule is CCOC(=O)c1cnc(SC)n(CC(=O)Nc2ccc(C(C)=O)cc2)c1=O. The lowest BCUT2D eigenvalue weighted by Gasteiger charge is -2.12. The van der Waals surface area contributed by atoms with Gasteiger partial charge in [-0.2, -0.15) is 0 Å². The minimum atomic E-state index is -0.781. The summed E-state index contributed by atoms with van der Waals surface area (Å²) in [6.45, 7) is 2.89. The Kier molecular flexibility index (Phi) is 6.89. The molecular formula is C18H19N3O5S. The van der Waals surface area contributed by atoms with Crippen molar-refractivity contribution in [2.75, 3.05) is 18.2 Å². The first-order chi connectivity index (χ1) is 12.9. The molecule has 0 atom stereocenters. The van der Waals surface area contributed by atoms with Crippen molar-refractivity contribution < 1.29 is 19.1 Å². The average Bonchev–Trinajstić information content (AvgIpc) is 2.63. The van der Waals surface area contributed by atoms with Crippen molar-refractivity contribution in [3.8, 4) is 0 Å². The molecule has 0 saturated carbocycles. The number of carbonyl (C=O) groups excluding carboxylic acids is 3. The number of benzene rings is 1. The lowest BCUT2D eigenvalue weighted by molar-refractivity contribution is -0.116. The number of rotatable bonds is 7. The molecule has 27 heavy (non-hydrogen) atoms. The largest absolute Gasteiger partial charge is 0.462 e. The van der Waals surface area contributed by atoms with Crippen LogP contribution < -0.4 is 10.9 Å². The number of ketones is 1. The summed E-state index contributed by atoms with van der Waals surface area (Å²) in [6, 6.07) is 6.39. The molecule has 1 aromatic carbocycles. The molecule has 1 heterocycles. The molecule has 2 rings (SSSR count). The molecule has 0 fully saturated rings. The van der Waals surface area contributed by atoms with Gasteiger partial charge in [-0.25, -0.2) is 9.78 Å². The highest BCUT2D eigenvalue weighted by Crippen LogP contribution is 2.12. The molecule has 1 N–H and O–H groups in total. The van der Waals surface area contributed by atoms with Crippen LogP contribution in [0.25, 0.3) is 0 Å². The molecule has 0 aliphatic rings. The van der Waals surface area contributed by atoms with Crippen molar-refractivity contribution in [1.82, 2.24) is 9.55 Å². The topological polar surface area (TPSA) is 107 Å². The molecule has 1 amide bonds. The van der Waals surface area contributed by atoms with Gasteiger partial charge in [-0.05, 0) is 44.4 Å². The molecule has 2 aromatic rings. The highest BCUT2D eigenvalue weighted by molar-refractivity contribution is 7.98. The Labute approximate surface area is 159 Å². The smallest absolute Gasteiger partial charge is 0.345 e. The molecular weight excluding hydrogens is 370 g/mol. The van der Waals surface area contributed by atoms with Crippen molar-refractivity contribution in [2.45, 2.75) is 25.5 Å². The van der Waals surface area contributed by atoms with E-state index in [4.69, 9.17) is 4.74 Å². The predicted octanol–water partition coefficient (Wildman–Crippen LogP) is 1.98. The molecule has 0 aliphatic heterocycles. The van der Waals surface area contributed by atoms with E-state index >= 15 is 0 Å². The quantitative estimate of drug-likeness (QED) is 0.334. The number of nitrogens with one attached hydrogen (secondary N) is 1. The van der Waals surface area contributed by atoms with Crippen LogP contribution in [-0.2, 0) is 16.1 Å². The molecule has 0 saturated heterocycles. The van der Waals surface area contributed by atoms with Gasteiger partial charge in [0.15, 0.2) is 10.9 Å². The van der Waals surface area contributed by atoms with Crippen LogP contribution >= 0.6 is 11.8 Å². The number of carbonyl (C=O) groups is 3. The number of hydrogen-bond donors (Lipinski definition) is 1. The highest BCUT2D eigenvalue weighted by Gasteiger charge is 2.18. The third-order valence-corrected chi connectivity index (χ3v) is 4.26. The zero-order valence-electron chi connectivity index (χ0n) is 15.1. The number of amides is 1. The Morgan fingerprint density at radius 2 is 1.89 bits per heavy atom. The zero-order chi connectivity index (χ0) is 20.0. The second-order valence-electron chi connectivity index (χ2n) is 5.45. The number of hydrogen-bond acceptors (Lipinski definition) is 7. The summed E-state index contributed by atoms with van der Waals surface area (Å²) in [7, 11) is 0. The van der Waals surface area contributed by atoms with Gasteiger partial charge in [0.05, 0.1) is 12.8 Å². The Bertz CT molecular complexity index is 922. The fourth-order valence-electron chi connectivity index (χ4n) is 2.26. The molecule has 0 unspecified atom stereocenters. The third kappa shape index (κ3) is 5.04. The van der Waals surface area contributed by atoms with Gasteiger partial charge in [0, 0.05) is 11.3 Å². The Hall–Kier alpha value is -2.94. The molecule has 9 heteroatoms. The average molecular weight is 389 g/mol. The lowest BCUT2D eigenvalue weighted by Crippen LogP contribution is -2.33. The van der Waals surface area contributed by atoms with E-state index in [-0.39, 0.29) is 24.5 Å².